The molecule has 1 aliphatic heterocycles. The van der Waals surface area contributed by atoms with Gasteiger partial charge in [-0.15, -0.1) is 21.0 Å². The molecule has 3 heterocycles. The summed E-state index contributed by atoms with van der Waals surface area (Å²) >= 11 is 4.74. The molecular formula is C12H9N3S3. The van der Waals surface area contributed by atoms with Gasteiger partial charge in [-0.25, -0.2) is 4.85 Å². The summed E-state index contributed by atoms with van der Waals surface area (Å²) in [5, 5.41) is 4.30. The molecule has 0 saturated carbocycles. The van der Waals surface area contributed by atoms with Crippen molar-refractivity contribution in [3.63, 3.8) is 0 Å². The number of rotatable bonds is 0. The zero-order valence-corrected chi connectivity index (χ0v) is 12.5. The van der Waals surface area contributed by atoms with Crippen LogP contribution in [0, 0.1) is 27.3 Å². The number of hydrogen-bond acceptors (Lipinski definition) is 5. The Hall–Kier alpha value is -1.16. The minimum atomic E-state index is 0.732. The molecule has 0 radical (unpaired) electrons. The van der Waals surface area contributed by atoms with Crippen LogP contribution in [-0.2, 0) is 0 Å². The molecule has 18 heavy (non-hydrogen) atoms. The van der Waals surface area contributed by atoms with E-state index in [1.165, 1.54) is 22.4 Å². The zero-order valence-electron chi connectivity index (χ0n) is 10.1. The number of nitrogens with zero attached hydrogens (tertiary/aromatic N) is 3. The first kappa shape index (κ1) is 11.9. The lowest BCUT2D eigenvalue weighted by atomic mass is 10.2. The molecule has 2 aromatic rings. The van der Waals surface area contributed by atoms with E-state index >= 15 is 0 Å². The van der Waals surface area contributed by atoms with E-state index in [1.807, 2.05) is 6.92 Å². The lowest BCUT2D eigenvalue weighted by Crippen LogP contribution is -1.69. The average molecular weight is 291 g/mol. The van der Waals surface area contributed by atoms with Gasteiger partial charge in [0.05, 0.1) is 21.2 Å². The summed E-state index contributed by atoms with van der Waals surface area (Å²) in [7, 11) is 0. The van der Waals surface area contributed by atoms with Crippen molar-refractivity contribution in [3.8, 4) is 9.75 Å². The van der Waals surface area contributed by atoms with Crippen LogP contribution >= 0.6 is 34.6 Å². The molecule has 0 aromatic carbocycles. The highest BCUT2D eigenvalue weighted by molar-refractivity contribution is 7.98. The number of thiophene rings is 2. The Kier molecular flexibility index (Phi) is 2.77. The Morgan fingerprint density at radius 1 is 1.06 bits per heavy atom. The third-order valence-corrected chi connectivity index (χ3v) is 6.28. The fourth-order valence-electron chi connectivity index (χ4n) is 1.87. The summed E-state index contributed by atoms with van der Waals surface area (Å²) in [5.74, 6) is 0. The molecule has 0 fully saturated rings. The minimum absolute atomic E-state index is 0.732. The third-order valence-electron chi connectivity index (χ3n) is 2.95. The van der Waals surface area contributed by atoms with Crippen molar-refractivity contribution >= 4 is 46.0 Å². The molecule has 6 heteroatoms. The van der Waals surface area contributed by atoms with Crippen LogP contribution in [0.25, 0.3) is 14.6 Å². The van der Waals surface area contributed by atoms with E-state index < -0.39 is 0 Å². The van der Waals surface area contributed by atoms with Gasteiger partial charge in [-0.2, -0.15) is 11.3 Å². The quantitative estimate of drug-likeness (QED) is 0.428. The number of fused-ring (bicyclic) bond motifs is 3. The molecule has 0 saturated heterocycles. The Bertz CT molecular complexity index is 716. The van der Waals surface area contributed by atoms with E-state index in [-0.39, 0.29) is 0 Å². The van der Waals surface area contributed by atoms with Gasteiger partial charge in [-0.05, 0) is 26.3 Å². The van der Waals surface area contributed by atoms with Gasteiger partial charge in [0.1, 0.15) is 5.69 Å². The van der Waals surface area contributed by atoms with Gasteiger partial charge in [-0.3, -0.25) is 0 Å². The molecule has 0 amide bonds. The lowest BCUT2D eigenvalue weighted by molar-refractivity contribution is 1.30. The van der Waals surface area contributed by atoms with Crippen LogP contribution in [0.1, 0.15) is 15.3 Å². The maximum Gasteiger partial charge on any atom is 0.216 e. The topological polar surface area (TPSA) is 29.1 Å². The summed E-state index contributed by atoms with van der Waals surface area (Å²) in [5.41, 5.74) is 2.90. The fraction of sp³-hybridized carbons (Fsp3) is 0.250. The van der Waals surface area contributed by atoms with Crippen LogP contribution in [0.3, 0.4) is 0 Å². The first-order valence-corrected chi connectivity index (χ1v) is 7.73. The van der Waals surface area contributed by atoms with Crippen molar-refractivity contribution in [2.45, 2.75) is 25.7 Å². The van der Waals surface area contributed by atoms with Crippen molar-refractivity contribution in [2.75, 3.05) is 0 Å². The van der Waals surface area contributed by atoms with Gasteiger partial charge in [0.2, 0.25) is 5.69 Å². The number of hydrogen-bond donors (Lipinski definition) is 0. The lowest BCUT2D eigenvalue weighted by Gasteiger charge is -1.95. The Labute approximate surface area is 118 Å². The fourth-order valence-corrected chi connectivity index (χ4v) is 5.13. The van der Waals surface area contributed by atoms with Crippen molar-refractivity contribution in [1.82, 2.24) is 0 Å². The van der Waals surface area contributed by atoms with Crippen LogP contribution < -0.4 is 0 Å². The second-order valence-corrected chi connectivity index (χ2v) is 7.21. The van der Waals surface area contributed by atoms with Crippen molar-refractivity contribution in [2.24, 2.45) is 9.63 Å². The molecule has 3 nitrogen and oxygen atoms in total. The molecule has 0 unspecified atom stereocenters. The van der Waals surface area contributed by atoms with Gasteiger partial charge < -0.3 is 0 Å². The van der Waals surface area contributed by atoms with Gasteiger partial charge in [0.15, 0.2) is 0 Å². The van der Waals surface area contributed by atoms with Crippen LogP contribution in [-0.4, -0.2) is 0 Å². The molecule has 0 aliphatic carbocycles. The summed E-state index contributed by atoms with van der Waals surface area (Å²) in [6, 6.07) is 0. The van der Waals surface area contributed by atoms with Gasteiger partial charge in [-0.1, -0.05) is 0 Å². The smallest absolute Gasteiger partial charge is 0.216 e. The van der Waals surface area contributed by atoms with Crippen LogP contribution in [0.4, 0.5) is 11.4 Å². The Morgan fingerprint density at radius 3 is 2.50 bits per heavy atom. The largest absolute Gasteiger partial charge is 0.236 e. The summed E-state index contributed by atoms with van der Waals surface area (Å²) < 4.78 is 4.16. The molecular weight excluding hydrogens is 282 g/mol. The van der Waals surface area contributed by atoms with E-state index in [4.69, 9.17) is 6.57 Å². The average Bonchev–Trinajstić information content (AvgIpc) is 2.74. The molecule has 90 valence electrons. The highest BCUT2D eigenvalue weighted by atomic mass is 32.2. The maximum absolute atomic E-state index is 7.29. The minimum Gasteiger partial charge on any atom is -0.236 e. The standard InChI is InChI=1S/C12H9N3S3/c1-5-6(2)16-10-8(5)14-15-18-11-9(13-4)7(3)17-12(10)11/h1-3H3. The van der Waals surface area contributed by atoms with E-state index in [9.17, 15) is 0 Å². The molecule has 0 spiro atoms. The highest BCUT2D eigenvalue weighted by Gasteiger charge is 2.25. The van der Waals surface area contributed by atoms with Crippen LogP contribution in [0.2, 0.25) is 0 Å². The highest BCUT2D eigenvalue weighted by Crippen LogP contribution is 2.55. The molecule has 0 bridgehead atoms. The molecule has 1 aliphatic rings. The van der Waals surface area contributed by atoms with E-state index in [0.29, 0.717) is 0 Å². The predicted molar refractivity (Wildman–Crippen MR) is 78.5 cm³/mol. The first-order valence-electron chi connectivity index (χ1n) is 5.32. The Morgan fingerprint density at radius 2 is 1.78 bits per heavy atom. The predicted octanol–water partition coefficient (Wildman–Crippen LogP) is 6.06. The van der Waals surface area contributed by atoms with Gasteiger partial charge in [0.25, 0.3) is 0 Å². The van der Waals surface area contributed by atoms with Crippen molar-refractivity contribution in [3.05, 3.63) is 26.7 Å². The first-order chi connectivity index (χ1) is 8.63. The third kappa shape index (κ3) is 1.55. The summed E-state index contributed by atoms with van der Waals surface area (Å²) in [4.78, 5) is 9.25. The normalized spacial score (nSPS) is 12.8. The van der Waals surface area contributed by atoms with Crippen molar-refractivity contribution in [1.29, 1.82) is 0 Å². The van der Waals surface area contributed by atoms with E-state index in [2.05, 4.69) is 28.3 Å². The SMILES string of the molecule is [C-]#[N+]c1c(C)sc2c1SN=Nc1c-2sc(C)c1C. The zero-order chi connectivity index (χ0) is 12.9. The monoisotopic (exact) mass is 291 g/mol. The van der Waals surface area contributed by atoms with Gasteiger partial charge >= 0.3 is 0 Å². The summed E-state index contributed by atoms with van der Waals surface area (Å²) in [6.45, 7) is 13.5. The second kappa shape index (κ2) is 4.19. The maximum atomic E-state index is 7.29. The van der Waals surface area contributed by atoms with Gasteiger partial charge in [0, 0.05) is 21.7 Å². The molecule has 3 rings (SSSR count). The van der Waals surface area contributed by atoms with Crippen LogP contribution in [0.5, 0.6) is 0 Å². The molecule has 0 atom stereocenters. The summed E-state index contributed by atoms with van der Waals surface area (Å²) in [6.07, 6.45) is 0. The van der Waals surface area contributed by atoms with E-state index in [0.717, 1.165) is 30.9 Å². The van der Waals surface area contributed by atoms with Crippen LogP contribution in [0.15, 0.2) is 14.5 Å². The second-order valence-electron chi connectivity index (χ2n) is 4.01. The number of aryl methyl sites for hydroxylation is 2. The molecule has 2 aromatic heterocycles. The van der Waals surface area contributed by atoms with E-state index in [1.54, 1.807) is 22.7 Å². The molecule has 0 N–H and O–H groups in total. The Balaban J connectivity index is 2.37. The van der Waals surface area contributed by atoms with Crippen molar-refractivity contribution < 1.29 is 0 Å².